The summed E-state index contributed by atoms with van der Waals surface area (Å²) in [6.07, 6.45) is 7.30. The van der Waals surface area contributed by atoms with Crippen LogP contribution in [0.3, 0.4) is 0 Å². The fourth-order valence-corrected chi connectivity index (χ4v) is 2.03. The Morgan fingerprint density at radius 2 is 2.11 bits per heavy atom. The first-order chi connectivity index (χ1) is 9.17. The monoisotopic (exact) mass is 264 g/mol. The maximum absolute atomic E-state index is 4.22. The van der Waals surface area contributed by atoms with Gasteiger partial charge in [0, 0.05) is 18.4 Å². The van der Waals surface area contributed by atoms with Crippen molar-refractivity contribution in [1.82, 2.24) is 20.2 Å². The van der Waals surface area contributed by atoms with Crippen LogP contribution in [-0.2, 0) is 6.54 Å². The molecule has 0 unspecified atom stereocenters. The smallest absolute Gasteiger partial charge is 0.0949 e. The fourth-order valence-electron chi connectivity index (χ4n) is 2.03. The third-order valence-electron chi connectivity index (χ3n) is 3.36. The van der Waals surface area contributed by atoms with Gasteiger partial charge in [0.2, 0.25) is 0 Å². The lowest BCUT2D eigenvalue weighted by atomic mass is 10.1. The zero-order valence-electron chi connectivity index (χ0n) is 12.8. The summed E-state index contributed by atoms with van der Waals surface area (Å²) in [7, 11) is 0. The largest absolute Gasteiger partial charge is 0.376 e. The van der Waals surface area contributed by atoms with Gasteiger partial charge in [-0.1, -0.05) is 19.4 Å². The highest BCUT2D eigenvalue weighted by atomic mass is 15.1. The number of imidazole rings is 1. The van der Waals surface area contributed by atoms with Gasteiger partial charge in [-0.25, -0.2) is 4.98 Å². The van der Waals surface area contributed by atoms with Crippen molar-refractivity contribution in [1.29, 1.82) is 0 Å². The first-order valence-corrected chi connectivity index (χ1v) is 7.29. The predicted octanol–water partition coefficient (Wildman–Crippen LogP) is 2.81. The van der Waals surface area contributed by atoms with Gasteiger partial charge < -0.3 is 15.2 Å². The van der Waals surface area contributed by atoms with E-state index in [0.29, 0.717) is 0 Å². The van der Waals surface area contributed by atoms with Gasteiger partial charge in [-0.15, -0.1) is 0 Å². The molecule has 2 N–H and O–H groups in total. The standard InChI is InChI=1S/C15H28N4/c1-5-13(3)15(6-2)17-11-16-8-7-9-19-10-14(4)18-12-19/h10,12,16-17H,5-9,11H2,1-4H3/b15-13+. The van der Waals surface area contributed by atoms with Crippen molar-refractivity contribution >= 4 is 0 Å². The van der Waals surface area contributed by atoms with Crippen LogP contribution in [0.25, 0.3) is 0 Å². The van der Waals surface area contributed by atoms with E-state index in [4.69, 9.17) is 0 Å². The van der Waals surface area contributed by atoms with E-state index in [1.165, 1.54) is 11.3 Å². The summed E-state index contributed by atoms with van der Waals surface area (Å²) >= 11 is 0. The molecule has 0 atom stereocenters. The van der Waals surface area contributed by atoms with Gasteiger partial charge in [0.15, 0.2) is 0 Å². The Hall–Kier alpha value is -1.29. The van der Waals surface area contributed by atoms with Crippen LogP contribution in [0.5, 0.6) is 0 Å². The quantitative estimate of drug-likeness (QED) is 0.532. The number of aryl methyl sites for hydroxylation is 2. The molecular formula is C15H28N4. The van der Waals surface area contributed by atoms with Crippen molar-refractivity contribution in [2.75, 3.05) is 13.2 Å². The van der Waals surface area contributed by atoms with Gasteiger partial charge in [-0.05, 0) is 39.7 Å². The van der Waals surface area contributed by atoms with Crippen LogP contribution in [-0.4, -0.2) is 22.8 Å². The number of aromatic nitrogens is 2. The van der Waals surface area contributed by atoms with Crippen molar-refractivity contribution in [3.05, 3.63) is 29.5 Å². The normalized spacial score (nSPS) is 12.4. The lowest BCUT2D eigenvalue weighted by Crippen LogP contribution is -2.30. The van der Waals surface area contributed by atoms with Crippen LogP contribution in [0.1, 0.15) is 45.7 Å². The molecule has 1 aromatic rings. The Morgan fingerprint density at radius 3 is 2.68 bits per heavy atom. The highest BCUT2D eigenvalue weighted by Crippen LogP contribution is 2.07. The van der Waals surface area contributed by atoms with Gasteiger partial charge in [-0.3, -0.25) is 0 Å². The predicted molar refractivity (Wildman–Crippen MR) is 80.9 cm³/mol. The van der Waals surface area contributed by atoms with Crippen LogP contribution in [0.15, 0.2) is 23.8 Å². The molecule has 4 nitrogen and oxygen atoms in total. The molecule has 1 aromatic heterocycles. The SMILES string of the molecule is CC/C(C)=C(\CC)NCNCCCn1cnc(C)c1. The van der Waals surface area contributed by atoms with Gasteiger partial charge in [0.05, 0.1) is 18.7 Å². The molecule has 0 fully saturated rings. The second-order valence-corrected chi connectivity index (χ2v) is 4.93. The lowest BCUT2D eigenvalue weighted by Gasteiger charge is -2.13. The van der Waals surface area contributed by atoms with E-state index in [-0.39, 0.29) is 0 Å². The maximum Gasteiger partial charge on any atom is 0.0949 e. The molecule has 0 radical (unpaired) electrons. The van der Waals surface area contributed by atoms with E-state index in [1.807, 2.05) is 13.3 Å². The average molecular weight is 264 g/mol. The average Bonchev–Trinajstić information content (AvgIpc) is 2.83. The molecule has 19 heavy (non-hydrogen) atoms. The first-order valence-electron chi connectivity index (χ1n) is 7.29. The summed E-state index contributed by atoms with van der Waals surface area (Å²) in [6.45, 7) is 11.5. The highest BCUT2D eigenvalue weighted by molar-refractivity contribution is 5.09. The molecule has 1 rings (SSSR count). The summed E-state index contributed by atoms with van der Waals surface area (Å²) in [4.78, 5) is 4.22. The van der Waals surface area contributed by atoms with Crippen molar-refractivity contribution in [3.63, 3.8) is 0 Å². The van der Waals surface area contributed by atoms with Gasteiger partial charge >= 0.3 is 0 Å². The Balaban J connectivity index is 2.11. The zero-order chi connectivity index (χ0) is 14.1. The van der Waals surface area contributed by atoms with Gasteiger partial charge in [-0.2, -0.15) is 0 Å². The topological polar surface area (TPSA) is 41.9 Å². The van der Waals surface area contributed by atoms with Crippen LogP contribution in [0, 0.1) is 6.92 Å². The van der Waals surface area contributed by atoms with E-state index < -0.39 is 0 Å². The van der Waals surface area contributed by atoms with Crippen molar-refractivity contribution in [2.24, 2.45) is 0 Å². The zero-order valence-corrected chi connectivity index (χ0v) is 12.8. The van der Waals surface area contributed by atoms with E-state index in [2.05, 4.69) is 47.2 Å². The lowest BCUT2D eigenvalue weighted by molar-refractivity contribution is 0.557. The van der Waals surface area contributed by atoms with E-state index in [0.717, 1.165) is 44.7 Å². The molecular weight excluding hydrogens is 236 g/mol. The minimum atomic E-state index is 0.851. The van der Waals surface area contributed by atoms with Crippen molar-refractivity contribution in [2.45, 2.75) is 53.5 Å². The number of nitrogens with one attached hydrogen (secondary N) is 2. The summed E-state index contributed by atoms with van der Waals surface area (Å²) in [6, 6.07) is 0. The van der Waals surface area contributed by atoms with Crippen LogP contribution in [0.2, 0.25) is 0 Å². The van der Waals surface area contributed by atoms with E-state index >= 15 is 0 Å². The third kappa shape index (κ3) is 5.92. The summed E-state index contributed by atoms with van der Waals surface area (Å²) in [5.74, 6) is 0. The number of rotatable bonds is 9. The summed E-state index contributed by atoms with van der Waals surface area (Å²) < 4.78 is 2.14. The molecule has 108 valence electrons. The Morgan fingerprint density at radius 1 is 1.32 bits per heavy atom. The first kappa shape index (κ1) is 15.8. The highest BCUT2D eigenvalue weighted by Gasteiger charge is 1.98. The second-order valence-electron chi connectivity index (χ2n) is 4.93. The second kappa shape index (κ2) is 8.75. The summed E-state index contributed by atoms with van der Waals surface area (Å²) in [5.41, 5.74) is 3.92. The number of hydrogen-bond donors (Lipinski definition) is 2. The molecule has 0 spiro atoms. The molecule has 0 aliphatic carbocycles. The Labute approximate surface area is 117 Å². The van der Waals surface area contributed by atoms with E-state index in [9.17, 15) is 0 Å². The Kier molecular flexibility index (Phi) is 7.26. The Bertz CT molecular complexity index is 393. The number of nitrogens with zero attached hydrogens (tertiary/aromatic N) is 2. The molecule has 1 heterocycles. The van der Waals surface area contributed by atoms with Crippen LogP contribution in [0.4, 0.5) is 0 Å². The molecule has 0 bridgehead atoms. The molecule has 0 amide bonds. The molecule has 0 saturated heterocycles. The van der Waals surface area contributed by atoms with Crippen LogP contribution < -0.4 is 10.6 Å². The van der Waals surface area contributed by atoms with E-state index in [1.54, 1.807) is 0 Å². The molecule has 4 heteroatoms. The van der Waals surface area contributed by atoms with Crippen molar-refractivity contribution in [3.8, 4) is 0 Å². The number of allylic oxidation sites excluding steroid dienone is 2. The molecule has 0 aliphatic heterocycles. The van der Waals surface area contributed by atoms with Gasteiger partial charge in [0.25, 0.3) is 0 Å². The minimum Gasteiger partial charge on any atom is -0.376 e. The fraction of sp³-hybridized carbons (Fsp3) is 0.667. The maximum atomic E-state index is 4.22. The summed E-state index contributed by atoms with van der Waals surface area (Å²) in [5, 5.41) is 6.90. The minimum absolute atomic E-state index is 0.851. The van der Waals surface area contributed by atoms with Crippen molar-refractivity contribution < 1.29 is 0 Å². The van der Waals surface area contributed by atoms with Gasteiger partial charge in [0.1, 0.15) is 0 Å². The number of hydrogen-bond acceptors (Lipinski definition) is 3. The third-order valence-corrected chi connectivity index (χ3v) is 3.36. The van der Waals surface area contributed by atoms with Crippen LogP contribution >= 0.6 is 0 Å². The molecule has 0 saturated carbocycles. The molecule has 0 aliphatic rings. The molecule has 0 aromatic carbocycles.